The fourth-order valence-electron chi connectivity index (χ4n) is 2.09. The van der Waals surface area contributed by atoms with Gasteiger partial charge in [0.15, 0.2) is 0 Å². The molecule has 118 valence electrons. The minimum Gasteiger partial charge on any atom is -0.492 e. The van der Waals surface area contributed by atoms with Crippen molar-refractivity contribution in [3.05, 3.63) is 24.3 Å². The molecule has 0 atom stereocenters. The van der Waals surface area contributed by atoms with E-state index in [2.05, 4.69) is 10.0 Å². The van der Waals surface area contributed by atoms with Crippen LogP contribution in [0.4, 0.5) is 0 Å². The second-order valence-corrected chi connectivity index (χ2v) is 7.87. The maximum atomic E-state index is 12.3. The molecule has 5 nitrogen and oxygen atoms in total. The van der Waals surface area contributed by atoms with Gasteiger partial charge in [-0.05, 0) is 55.7 Å². The second-order valence-electron chi connectivity index (χ2n) is 4.93. The standard InChI is InChI=1S/C14H22N2O3S2/c1-15-8-9-19-13-2-4-14(5-3-13)21(17,18)16-12-6-10-20-11-7-12/h2-5,12,15-16H,6-11H2,1H3. The van der Waals surface area contributed by atoms with E-state index < -0.39 is 10.0 Å². The van der Waals surface area contributed by atoms with Crippen LogP contribution in [0, 0.1) is 0 Å². The average Bonchev–Trinajstić information content (AvgIpc) is 2.49. The van der Waals surface area contributed by atoms with Gasteiger partial charge in [-0.15, -0.1) is 0 Å². The molecule has 1 fully saturated rings. The molecule has 0 unspecified atom stereocenters. The molecule has 0 bridgehead atoms. The zero-order valence-corrected chi connectivity index (χ0v) is 13.8. The largest absolute Gasteiger partial charge is 0.492 e. The Balaban J connectivity index is 1.95. The van der Waals surface area contributed by atoms with E-state index in [0.717, 1.165) is 30.9 Å². The van der Waals surface area contributed by atoms with E-state index in [1.54, 1.807) is 24.3 Å². The van der Waals surface area contributed by atoms with E-state index in [1.165, 1.54) is 0 Å². The molecule has 0 aromatic heterocycles. The average molecular weight is 330 g/mol. The van der Waals surface area contributed by atoms with Gasteiger partial charge in [-0.1, -0.05) is 0 Å². The predicted molar refractivity (Wildman–Crippen MR) is 86.5 cm³/mol. The molecule has 1 saturated heterocycles. The SMILES string of the molecule is CNCCOc1ccc(S(=O)(=O)NC2CCSCC2)cc1. The fourth-order valence-corrected chi connectivity index (χ4v) is 4.50. The van der Waals surface area contributed by atoms with Gasteiger partial charge in [-0.2, -0.15) is 11.8 Å². The molecule has 1 aromatic carbocycles. The zero-order valence-electron chi connectivity index (χ0n) is 12.2. The van der Waals surface area contributed by atoms with Crippen molar-refractivity contribution in [1.29, 1.82) is 0 Å². The Labute approximate surface area is 130 Å². The van der Waals surface area contributed by atoms with Gasteiger partial charge in [0.25, 0.3) is 0 Å². The van der Waals surface area contributed by atoms with Crippen molar-refractivity contribution >= 4 is 21.8 Å². The number of hydrogen-bond acceptors (Lipinski definition) is 5. The molecule has 7 heteroatoms. The lowest BCUT2D eigenvalue weighted by molar-refractivity contribution is 0.318. The van der Waals surface area contributed by atoms with Gasteiger partial charge >= 0.3 is 0 Å². The third-order valence-corrected chi connectivity index (χ3v) is 5.88. The number of ether oxygens (including phenoxy) is 1. The number of thioether (sulfide) groups is 1. The number of rotatable bonds is 7. The van der Waals surface area contributed by atoms with Crippen LogP contribution in [0.15, 0.2) is 29.2 Å². The Morgan fingerprint density at radius 1 is 1.24 bits per heavy atom. The molecular weight excluding hydrogens is 308 g/mol. The lowest BCUT2D eigenvalue weighted by Crippen LogP contribution is -2.37. The van der Waals surface area contributed by atoms with Crippen LogP contribution in [0.5, 0.6) is 5.75 Å². The molecule has 0 saturated carbocycles. The van der Waals surface area contributed by atoms with Crippen LogP contribution in [-0.2, 0) is 10.0 Å². The van der Waals surface area contributed by atoms with Crippen molar-refractivity contribution in [3.63, 3.8) is 0 Å². The number of benzene rings is 1. The Morgan fingerprint density at radius 3 is 2.52 bits per heavy atom. The first-order chi connectivity index (χ1) is 10.1. The van der Waals surface area contributed by atoms with Gasteiger partial charge in [0.1, 0.15) is 12.4 Å². The first-order valence-corrected chi connectivity index (χ1v) is 9.73. The molecule has 0 spiro atoms. The van der Waals surface area contributed by atoms with Crippen molar-refractivity contribution in [2.45, 2.75) is 23.8 Å². The smallest absolute Gasteiger partial charge is 0.240 e. The summed E-state index contributed by atoms with van der Waals surface area (Å²) in [5.41, 5.74) is 0. The van der Waals surface area contributed by atoms with Gasteiger partial charge in [0, 0.05) is 12.6 Å². The number of nitrogens with one attached hydrogen (secondary N) is 2. The second kappa shape index (κ2) is 8.03. The molecule has 21 heavy (non-hydrogen) atoms. The van der Waals surface area contributed by atoms with Gasteiger partial charge in [0.05, 0.1) is 4.90 Å². The third kappa shape index (κ3) is 5.18. The highest BCUT2D eigenvalue weighted by Crippen LogP contribution is 2.20. The Kier molecular flexibility index (Phi) is 6.35. The predicted octanol–water partition coefficient (Wildman–Crippen LogP) is 1.46. The first-order valence-electron chi connectivity index (χ1n) is 7.09. The normalized spacial score (nSPS) is 16.8. The summed E-state index contributed by atoms with van der Waals surface area (Å²) in [5, 5.41) is 2.99. The van der Waals surface area contributed by atoms with Crippen LogP contribution in [-0.4, -0.2) is 46.2 Å². The van der Waals surface area contributed by atoms with Crippen molar-refractivity contribution in [3.8, 4) is 5.75 Å². The molecule has 0 radical (unpaired) electrons. The number of sulfonamides is 1. The molecule has 0 aliphatic carbocycles. The van der Waals surface area contributed by atoms with E-state index in [0.29, 0.717) is 17.3 Å². The molecule has 2 N–H and O–H groups in total. The highest BCUT2D eigenvalue weighted by molar-refractivity contribution is 7.99. The summed E-state index contributed by atoms with van der Waals surface area (Å²) >= 11 is 1.88. The van der Waals surface area contributed by atoms with Gasteiger partial charge in [-0.25, -0.2) is 13.1 Å². The van der Waals surface area contributed by atoms with E-state index in [4.69, 9.17) is 4.74 Å². The maximum Gasteiger partial charge on any atom is 0.240 e. The van der Waals surface area contributed by atoms with Crippen molar-refractivity contribution in [1.82, 2.24) is 10.0 Å². The molecule has 1 aliphatic heterocycles. The van der Waals surface area contributed by atoms with E-state index in [1.807, 2.05) is 18.8 Å². The maximum absolute atomic E-state index is 12.3. The molecule has 1 aliphatic rings. The lowest BCUT2D eigenvalue weighted by atomic mass is 10.2. The highest BCUT2D eigenvalue weighted by Gasteiger charge is 2.21. The summed E-state index contributed by atoms with van der Waals surface area (Å²) in [4.78, 5) is 0.293. The van der Waals surface area contributed by atoms with Crippen LogP contribution < -0.4 is 14.8 Å². The Hall–Kier alpha value is -0.760. The summed E-state index contributed by atoms with van der Waals surface area (Å²) in [6.07, 6.45) is 1.80. The quantitative estimate of drug-likeness (QED) is 0.741. The zero-order chi connectivity index (χ0) is 15.1. The van der Waals surface area contributed by atoms with Gasteiger partial charge < -0.3 is 10.1 Å². The first kappa shape index (κ1) is 16.6. The third-order valence-electron chi connectivity index (χ3n) is 3.30. The fraction of sp³-hybridized carbons (Fsp3) is 0.571. The van der Waals surface area contributed by atoms with E-state index in [-0.39, 0.29) is 6.04 Å². The summed E-state index contributed by atoms with van der Waals surface area (Å²) in [6.45, 7) is 1.31. The molecule has 0 amide bonds. The summed E-state index contributed by atoms with van der Waals surface area (Å²) in [5.74, 6) is 2.72. The van der Waals surface area contributed by atoms with Crippen molar-refractivity contribution in [2.75, 3.05) is 31.7 Å². The van der Waals surface area contributed by atoms with E-state index in [9.17, 15) is 8.42 Å². The van der Waals surface area contributed by atoms with Gasteiger partial charge in [-0.3, -0.25) is 0 Å². The summed E-state index contributed by atoms with van der Waals surface area (Å²) in [6, 6.07) is 6.63. The van der Waals surface area contributed by atoms with Gasteiger partial charge in [0.2, 0.25) is 10.0 Å². The van der Waals surface area contributed by atoms with E-state index >= 15 is 0 Å². The summed E-state index contributed by atoms with van der Waals surface area (Å²) < 4.78 is 32.9. The lowest BCUT2D eigenvalue weighted by Gasteiger charge is -2.22. The minimum absolute atomic E-state index is 0.0582. The van der Waals surface area contributed by atoms with Crippen LogP contribution in [0.3, 0.4) is 0 Å². The number of likely N-dealkylation sites (N-methyl/N-ethyl adjacent to an activating group) is 1. The van der Waals surface area contributed by atoms with Crippen LogP contribution >= 0.6 is 11.8 Å². The molecule has 1 aromatic rings. The monoisotopic (exact) mass is 330 g/mol. The minimum atomic E-state index is -3.43. The molecule has 2 rings (SSSR count). The van der Waals surface area contributed by atoms with Crippen LogP contribution in [0.1, 0.15) is 12.8 Å². The number of hydrogen-bond donors (Lipinski definition) is 2. The van der Waals surface area contributed by atoms with Crippen molar-refractivity contribution in [2.24, 2.45) is 0 Å². The van der Waals surface area contributed by atoms with Crippen LogP contribution in [0.25, 0.3) is 0 Å². The topological polar surface area (TPSA) is 67.4 Å². The Morgan fingerprint density at radius 2 is 1.90 bits per heavy atom. The highest BCUT2D eigenvalue weighted by atomic mass is 32.2. The molecule has 1 heterocycles. The summed E-state index contributed by atoms with van der Waals surface area (Å²) in [7, 11) is -1.57. The van der Waals surface area contributed by atoms with Crippen molar-refractivity contribution < 1.29 is 13.2 Å². The Bertz CT molecular complexity index is 526. The van der Waals surface area contributed by atoms with Crippen LogP contribution in [0.2, 0.25) is 0 Å². The molecular formula is C14H22N2O3S2.